The minimum absolute atomic E-state index is 0.327. The zero-order valence-corrected chi connectivity index (χ0v) is 11.1. The van der Waals surface area contributed by atoms with E-state index in [0.717, 1.165) is 19.5 Å². The minimum Gasteiger partial charge on any atom is -0.468 e. The van der Waals surface area contributed by atoms with Crippen molar-refractivity contribution in [2.45, 2.75) is 38.3 Å². The predicted molar refractivity (Wildman–Crippen MR) is 61.5 cm³/mol. The van der Waals surface area contributed by atoms with Crippen LogP contribution in [-0.2, 0) is 14.9 Å². The molecule has 1 heterocycles. The van der Waals surface area contributed by atoms with Crippen molar-refractivity contribution >= 4 is 5.97 Å². The normalized spacial score (nSPS) is 14.1. The molecule has 0 aliphatic heterocycles. The summed E-state index contributed by atoms with van der Waals surface area (Å²) >= 11 is 0. The van der Waals surface area contributed by atoms with Crippen LogP contribution in [0.1, 0.15) is 38.1 Å². The van der Waals surface area contributed by atoms with Crippen LogP contribution >= 0.6 is 0 Å². The zero-order valence-electron chi connectivity index (χ0n) is 11.1. The molecule has 0 spiro atoms. The van der Waals surface area contributed by atoms with Crippen LogP contribution in [0.2, 0.25) is 0 Å². The number of rotatable bonds is 2. The van der Waals surface area contributed by atoms with E-state index in [4.69, 9.17) is 0 Å². The first-order chi connectivity index (χ1) is 8.57. The molecule has 0 bridgehead atoms. The molecular weight excluding hydrogens is 261 g/mol. The quantitative estimate of drug-likeness (QED) is 0.779. The molecule has 0 saturated carbocycles. The van der Waals surface area contributed by atoms with Crippen molar-refractivity contribution in [2.24, 2.45) is 0 Å². The van der Waals surface area contributed by atoms with Gasteiger partial charge in [-0.25, -0.2) is 9.97 Å². The summed E-state index contributed by atoms with van der Waals surface area (Å²) in [5, 5.41) is 0. The van der Waals surface area contributed by atoms with Crippen LogP contribution in [0.5, 0.6) is 0 Å². The van der Waals surface area contributed by atoms with Crippen LogP contribution in [0.25, 0.3) is 0 Å². The molecular formula is C12H15F3N2O2. The Balaban J connectivity index is 3.16. The standard InChI is InChI=1S/C12H15F3N2O2/c1-11(2,3)10-16-5-7(6-17-10)8(9(18)19-4)12(13,14)15/h5-6,8H,1-4H3. The third-order valence-electron chi connectivity index (χ3n) is 2.44. The summed E-state index contributed by atoms with van der Waals surface area (Å²) < 4.78 is 42.6. The number of hydrogen-bond acceptors (Lipinski definition) is 4. The van der Waals surface area contributed by atoms with E-state index in [1.807, 2.05) is 20.8 Å². The van der Waals surface area contributed by atoms with Crippen molar-refractivity contribution in [3.05, 3.63) is 23.8 Å². The first-order valence-electron chi connectivity index (χ1n) is 5.54. The van der Waals surface area contributed by atoms with Gasteiger partial charge in [0, 0.05) is 23.4 Å². The van der Waals surface area contributed by atoms with E-state index >= 15 is 0 Å². The molecule has 0 aromatic carbocycles. The summed E-state index contributed by atoms with van der Waals surface area (Å²) in [5.74, 6) is -3.33. The zero-order chi connectivity index (χ0) is 14.8. The number of alkyl halides is 3. The van der Waals surface area contributed by atoms with Crippen LogP contribution in [0.4, 0.5) is 13.2 Å². The van der Waals surface area contributed by atoms with Crippen LogP contribution in [0.3, 0.4) is 0 Å². The highest BCUT2D eigenvalue weighted by Gasteiger charge is 2.47. The second-order valence-electron chi connectivity index (χ2n) is 5.09. The Labute approximate surface area is 109 Å². The first kappa shape index (κ1) is 15.4. The van der Waals surface area contributed by atoms with Gasteiger partial charge in [-0.3, -0.25) is 4.79 Å². The number of nitrogens with zero attached hydrogens (tertiary/aromatic N) is 2. The molecule has 4 nitrogen and oxygen atoms in total. The van der Waals surface area contributed by atoms with Crippen LogP contribution in [-0.4, -0.2) is 29.2 Å². The van der Waals surface area contributed by atoms with E-state index in [-0.39, 0.29) is 11.0 Å². The second kappa shape index (κ2) is 5.14. The monoisotopic (exact) mass is 276 g/mol. The molecule has 19 heavy (non-hydrogen) atoms. The molecule has 1 aromatic rings. The molecule has 1 unspecified atom stereocenters. The Morgan fingerprint density at radius 1 is 1.21 bits per heavy atom. The molecule has 0 aliphatic carbocycles. The number of hydrogen-bond donors (Lipinski definition) is 0. The van der Waals surface area contributed by atoms with Gasteiger partial charge < -0.3 is 4.74 Å². The third-order valence-corrected chi connectivity index (χ3v) is 2.44. The fraction of sp³-hybridized carbons (Fsp3) is 0.583. The number of methoxy groups -OCH3 is 1. The maximum absolute atomic E-state index is 12.8. The molecule has 0 fully saturated rings. The average molecular weight is 276 g/mol. The number of carbonyl (C=O) groups is 1. The molecule has 0 aliphatic rings. The average Bonchev–Trinajstić information content (AvgIpc) is 2.26. The lowest BCUT2D eigenvalue weighted by atomic mass is 9.95. The van der Waals surface area contributed by atoms with E-state index < -0.39 is 18.1 Å². The molecule has 1 atom stereocenters. The lowest BCUT2D eigenvalue weighted by Gasteiger charge is -2.20. The summed E-state index contributed by atoms with van der Waals surface area (Å²) in [7, 11) is 0.908. The lowest BCUT2D eigenvalue weighted by Crippen LogP contribution is -2.30. The number of carbonyl (C=O) groups excluding carboxylic acids is 1. The largest absolute Gasteiger partial charge is 0.468 e. The lowest BCUT2D eigenvalue weighted by molar-refractivity contribution is -0.179. The van der Waals surface area contributed by atoms with Crippen LogP contribution in [0, 0.1) is 0 Å². The van der Waals surface area contributed by atoms with E-state index in [1.54, 1.807) is 0 Å². The van der Waals surface area contributed by atoms with Gasteiger partial charge >= 0.3 is 12.1 Å². The summed E-state index contributed by atoms with van der Waals surface area (Å²) in [6, 6.07) is 0. The van der Waals surface area contributed by atoms with Crippen LogP contribution < -0.4 is 0 Å². The van der Waals surface area contributed by atoms with Gasteiger partial charge in [0.25, 0.3) is 0 Å². The van der Waals surface area contributed by atoms with Gasteiger partial charge in [-0.15, -0.1) is 0 Å². The Morgan fingerprint density at radius 2 is 1.68 bits per heavy atom. The molecule has 1 aromatic heterocycles. The molecule has 106 valence electrons. The summed E-state index contributed by atoms with van der Waals surface area (Å²) in [6.07, 6.45) is -2.70. The van der Waals surface area contributed by atoms with E-state index in [2.05, 4.69) is 14.7 Å². The molecule has 0 amide bonds. The van der Waals surface area contributed by atoms with E-state index in [0.29, 0.717) is 5.82 Å². The summed E-state index contributed by atoms with van der Waals surface area (Å²) in [5.41, 5.74) is -0.704. The third kappa shape index (κ3) is 3.65. The van der Waals surface area contributed by atoms with Gasteiger partial charge in [-0.2, -0.15) is 13.2 Å². The smallest absolute Gasteiger partial charge is 0.406 e. The van der Waals surface area contributed by atoms with Crippen molar-refractivity contribution in [1.29, 1.82) is 0 Å². The fourth-order valence-electron chi connectivity index (χ4n) is 1.45. The van der Waals surface area contributed by atoms with E-state index in [9.17, 15) is 18.0 Å². The summed E-state index contributed by atoms with van der Waals surface area (Å²) in [4.78, 5) is 19.0. The van der Waals surface area contributed by atoms with Gasteiger partial charge in [0.2, 0.25) is 0 Å². The van der Waals surface area contributed by atoms with Gasteiger partial charge in [0.05, 0.1) is 7.11 Å². The number of ether oxygens (including phenoxy) is 1. The van der Waals surface area contributed by atoms with Crippen molar-refractivity contribution < 1.29 is 22.7 Å². The van der Waals surface area contributed by atoms with Crippen molar-refractivity contribution in [1.82, 2.24) is 9.97 Å². The minimum atomic E-state index is -4.74. The molecule has 7 heteroatoms. The fourth-order valence-corrected chi connectivity index (χ4v) is 1.45. The maximum Gasteiger partial charge on any atom is 0.406 e. The maximum atomic E-state index is 12.8. The summed E-state index contributed by atoms with van der Waals surface area (Å²) in [6.45, 7) is 5.51. The number of esters is 1. The second-order valence-corrected chi connectivity index (χ2v) is 5.09. The number of aromatic nitrogens is 2. The SMILES string of the molecule is COC(=O)C(c1cnc(C(C)(C)C)nc1)C(F)(F)F. The Bertz CT molecular complexity index is 450. The highest BCUT2D eigenvalue weighted by molar-refractivity contribution is 5.78. The van der Waals surface area contributed by atoms with Gasteiger partial charge in [0.15, 0.2) is 5.92 Å². The van der Waals surface area contributed by atoms with Crippen LogP contribution in [0.15, 0.2) is 12.4 Å². The highest BCUT2D eigenvalue weighted by atomic mass is 19.4. The number of halogens is 3. The topological polar surface area (TPSA) is 52.1 Å². The highest BCUT2D eigenvalue weighted by Crippen LogP contribution is 2.35. The molecule has 0 saturated heterocycles. The first-order valence-corrected chi connectivity index (χ1v) is 5.54. The van der Waals surface area contributed by atoms with Gasteiger partial charge in [0.1, 0.15) is 5.82 Å². The van der Waals surface area contributed by atoms with Crippen molar-refractivity contribution in [3.8, 4) is 0 Å². The van der Waals surface area contributed by atoms with Crippen molar-refractivity contribution in [3.63, 3.8) is 0 Å². The predicted octanol–water partition coefficient (Wildman–Crippen LogP) is 2.59. The van der Waals surface area contributed by atoms with E-state index in [1.165, 1.54) is 0 Å². The molecule has 0 N–H and O–H groups in total. The Kier molecular flexibility index (Phi) is 4.17. The van der Waals surface area contributed by atoms with Crippen molar-refractivity contribution in [2.75, 3.05) is 7.11 Å². The Hall–Kier alpha value is -1.66. The molecule has 1 rings (SSSR count). The molecule has 0 radical (unpaired) electrons. The van der Waals surface area contributed by atoms with Gasteiger partial charge in [-0.1, -0.05) is 20.8 Å². The Morgan fingerprint density at radius 3 is 2.00 bits per heavy atom. The van der Waals surface area contributed by atoms with Gasteiger partial charge in [-0.05, 0) is 0 Å².